The SMILES string of the molecule is C=CCC1CCC=C(C=C)N1C(=O)OCc1ccccc1. The molecule has 110 valence electrons. The third-order valence-electron chi connectivity index (χ3n) is 3.55. The molecule has 1 atom stereocenters. The molecule has 0 radical (unpaired) electrons. The lowest BCUT2D eigenvalue weighted by atomic mass is 10.0. The molecule has 0 fully saturated rings. The van der Waals surface area contributed by atoms with Crippen molar-refractivity contribution in [2.75, 3.05) is 0 Å². The number of rotatable bonds is 5. The Morgan fingerprint density at radius 3 is 2.76 bits per heavy atom. The summed E-state index contributed by atoms with van der Waals surface area (Å²) in [7, 11) is 0. The average Bonchev–Trinajstić information content (AvgIpc) is 2.53. The first-order valence-corrected chi connectivity index (χ1v) is 7.19. The van der Waals surface area contributed by atoms with Crippen molar-refractivity contribution in [3.63, 3.8) is 0 Å². The lowest BCUT2D eigenvalue weighted by molar-refractivity contribution is 0.0917. The Morgan fingerprint density at radius 2 is 2.10 bits per heavy atom. The van der Waals surface area contributed by atoms with Crippen molar-refractivity contribution in [1.82, 2.24) is 4.90 Å². The van der Waals surface area contributed by atoms with E-state index in [0.717, 1.165) is 30.5 Å². The van der Waals surface area contributed by atoms with Gasteiger partial charge in [-0.3, -0.25) is 4.90 Å². The fraction of sp³-hybridized carbons (Fsp3) is 0.278. The van der Waals surface area contributed by atoms with E-state index in [1.165, 1.54) is 0 Å². The molecule has 0 aromatic heterocycles. The predicted octanol–water partition coefficient (Wildman–Crippen LogP) is 4.43. The van der Waals surface area contributed by atoms with E-state index in [1.807, 2.05) is 42.5 Å². The van der Waals surface area contributed by atoms with E-state index in [1.54, 1.807) is 11.0 Å². The summed E-state index contributed by atoms with van der Waals surface area (Å²) < 4.78 is 5.44. The number of hydrogen-bond acceptors (Lipinski definition) is 2. The molecule has 1 amide bonds. The highest BCUT2D eigenvalue weighted by Crippen LogP contribution is 2.25. The minimum Gasteiger partial charge on any atom is -0.444 e. The Hall–Kier alpha value is -2.29. The Labute approximate surface area is 126 Å². The summed E-state index contributed by atoms with van der Waals surface area (Å²) in [6, 6.07) is 9.78. The third kappa shape index (κ3) is 3.85. The van der Waals surface area contributed by atoms with Crippen LogP contribution < -0.4 is 0 Å². The maximum atomic E-state index is 12.4. The molecule has 0 spiro atoms. The number of benzene rings is 1. The van der Waals surface area contributed by atoms with Gasteiger partial charge in [-0.1, -0.05) is 49.1 Å². The van der Waals surface area contributed by atoms with E-state index < -0.39 is 0 Å². The molecular weight excluding hydrogens is 262 g/mol. The van der Waals surface area contributed by atoms with E-state index in [0.29, 0.717) is 0 Å². The van der Waals surface area contributed by atoms with Crippen LogP contribution in [0.4, 0.5) is 4.79 Å². The van der Waals surface area contributed by atoms with Crippen LogP contribution in [0.3, 0.4) is 0 Å². The number of allylic oxidation sites excluding steroid dienone is 2. The molecular formula is C18H21NO2. The second kappa shape index (κ2) is 7.48. The van der Waals surface area contributed by atoms with Crippen LogP contribution in [-0.4, -0.2) is 17.0 Å². The normalized spacial score (nSPS) is 17.8. The summed E-state index contributed by atoms with van der Waals surface area (Å²) in [5.41, 5.74) is 1.80. The summed E-state index contributed by atoms with van der Waals surface area (Å²) in [5, 5.41) is 0. The smallest absolute Gasteiger partial charge is 0.414 e. The minimum atomic E-state index is -0.323. The topological polar surface area (TPSA) is 29.5 Å². The Kier molecular flexibility index (Phi) is 5.38. The van der Waals surface area contributed by atoms with Crippen molar-refractivity contribution in [1.29, 1.82) is 0 Å². The first-order valence-electron chi connectivity index (χ1n) is 7.19. The van der Waals surface area contributed by atoms with Gasteiger partial charge in [0.15, 0.2) is 0 Å². The lowest BCUT2D eigenvalue weighted by Gasteiger charge is -2.34. The van der Waals surface area contributed by atoms with Gasteiger partial charge < -0.3 is 4.74 Å². The van der Waals surface area contributed by atoms with Gasteiger partial charge in [0.2, 0.25) is 0 Å². The summed E-state index contributed by atoms with van der Waals surface area (Å²) in [4.78, 5) is 14.1. The minimum absolute atomic E-state index is 0.101. The van der Waals surface area contributed by atoms with Crippen LogP contribution in [0.1, 0.15) is 24.8 Å². The first kappa shape index (κ1) is 15.1. The predicted molar refractivity (Wildman–Crippen MR) is 84.6 cm³/mol. The molecule has 1 aliphatic heterocycles. The van der Waals surface area contributed by atoms with E-state index >= 15 is 0 Å². The van der Waals surface area contributed by atoms with E-state index in [2.05, 4.69) is 13.2 Å². The molecule has 2 rings (SSSR count). The van der Waals surface area contributed by atoms with Crippen molar-refractivity contribution in [3.8, 4) is 0 Å². The number of carbonyl (C=O) groups excluding carboxylic acids is 1. The fourth-order valence-electron chi connectivity index (χ4n) is 2.50. The third-order valence-corrected chi connectivity index (χ3v) is 3.55. The largest absolute Gasteiger partial charge is 0.444 e. The van der Waals surface area contributed by atoms with Crippen LogP contribution >= 0.6 is 0 Å². The maximum Gasteiger partial charge on any atom is 0.414 e. The van der Waals surface area contributed by atoms with Crippen molar-refractivity contribution >= 4 is 6.09 Å². The van der Waals surface area contributed by atoms with Crippen LogP contribution in [0.5, 0.6) is 0 Å². The number of ether oxygens (including phenoxy) is 1. The summed E-state index contributed by atoms with van der Waals surface area (Å²) >= 11 is 0. The number of hydrogen-bond donors (Lipinski definition) is 0. The molecule has 1 heterocycles. The number of amides is 1. The Balaban J connectivity index is 2.06. The maximum absolute atomic E-state index is 12.4. The highest BCUT2D eigenvalue weighted by atomic mass is 16.6. The standard InChI is InChI=1S/C18H21NO2/c1-3-9-17-13-8-12-16(4-2)19(17)18(20)21-14-15-10-6-5-7-11-15/h3-7,10-12,17H,1-2,8-9,13-14H2. The molecule has 3 heteroatoms. The van der Waals surface area contributed by atoms with Crippen molar-refractivity contribution in [2.45, 2.75) is 31.9 Å². The first-order chi connectivity index (χ1) is 10.3. The van der Waals surface area contributed by atoms with Gasteiger partial charge in [-0.15, -0.1) is 6.58 Å². The second-order valence-corrected chi connectivity index (χ2v) is 5.00. The second-order valence-electron chi connectivity index (χ2n) is 5.00. The Bertz CT molecular complexity index is 533. The monoisotopic (exact) mass is 283 g/mol. The van der Waals surface area contributed by atoms with Crippen molar-refractivity contribution in [3.05, 3.63) is 73.0 Å². The molecule has 0 bridgehead atoms. The fourth-order valence-corrected chi connectivity index (χ4v) is 2.50. The van der Waals surface area contributed by atoms with Gasteiger partial charge in [-0.05, 0) is 30.9 Å². The van der Waals surface area contributed by atoms with Gasteiger partial charge in [0.05, 0.1) is 0 Å². The highest BCUT2D eigenvalue weighted by molar-refractivity contribution is 5.71. The highest BCUT2D eigenvalue weighted by Gasteiger charge is 2.28. The van der Waals surface area contributed by atoms with Crippen molar-refractivity contribution in [2.24, 2.45) is 0 Å². The summed E-state index contributed by atoms with van der Waals surface area (Å²) in [6.45, 7) is 7.83. The summed E-state index contributed by atoms with van der Waals surface area (Å²) in [6.07, 6.45) is 7.87. The van der Waals surface area contributed by atoms with E-state index in [4.69, 9.17) is 4.74 Å². The van der Waals surface area contributed by atoms with Gasteiger partial charge in [0, 0.05) is 11.7 Å². The Morgan fingerprint density at radius 1 is 1.33 bits per heavy atom. The van der Waals surface area contributed by atoms with Crippen LogP contribution in [-0.2, 0) is 11.3 Å². The molecule has 1 unspecified atom stereocenters. The average molecular weight is 283 g/mol. The van der Waals surface area contributed by atoms with Crippen LogP contribution in [0.15, 0.2) is 67.4 Å². The van der Waals surface area contributed by atoms with Gasteiger partial charge in [-0.2, -0.15) is 0 Å². The molecule has 1 aromatic rings. The van der Waals surface area contributed by atoms with Crippen LogP contribution in [0.25, 0.3) is 0 Å². The molecule has 1 aliphatic rings. The quantitative estimate of drug-likeness (QED) is 0.748. The summed E-state index contributed by atoms with van der Waals surface area (Å²) in [5.74, 6) is 0. The molecule has 0 saturated carbocycles. The zero-order chi connectivity index (χ0) is 15.1. The van der Waals surface area contributed by atoms with E-state index in [9.17, 15) is 4.79 Å². The van der Waals surface area contributed by atoms with Gasteiger partial charge in [0.1, 0.15) is 6.61 Å². The van der Waals surface area contributed by atoms with E-state index in [-0.39, 0.29) is 18.7 Å². The number of nitrogens with zero attached hydrogens (tertiary/aromatic N) is 1. The molecule has 1 aromatic carbocycles. The van der Waals surface area contributed by atoms with Gasteiger partial charge in [-0.25, -0.2) is 4.79 Å². The van der Waals surface area contributed by atoms with Gasteiger partial charge >= 0.3 is 6.09 Å². The molecule has 21 heavy (non-hydrogen) atoms. The van der Waals surface area contributed by atoms with Crippen LogP contribution in [0.2, 0.25) is 0 Å². The molecule has 0 saturated heterocycles. The molecule has 3 nitrogen and oxygen atoms in total. The van der Waals surface area contributed by atoms with Crippen molar-refractivity contribution < 1.29 is 9.53 Å². The number of carbonyl (C=O) groups is 1. The zero-order valence-corrected chi connectivity index (χ0v) is 12.2. The molecule has 0 aliphatic carbocycles. The zero-order valence-electron chi connectivity index (χ0n) is 12.2. The van der Waals surface area contributed by atoms with Crippen LogP contribution in [0, 0.1) is 0 Å². The lowest BCUT2D eigenvalue weighted by Crippen LogP contribution is -2.41. The molecule has 0 N–H and O–H groups in total. The van der Waals surface area contributed by atoms with Gasteiger partial charge in [0.25, 0.3) is 0 Å².